The summed E-state index contributed by atoms with van der Waals surface area (Å²) in [6.45, 7) is 2.96. The van der Waals surface area contributed by atoms with Gasteiger partial charge in [-0.2, -0.15) is 0 Å². The number of rotatable bonds is 9. The number of amides is 1. The highest BCUT2D eigenvalue weighted by Crippen LogP contribution is 2.30. The van der Waals surface area contributed by atoms with Crippen LogP contribution in [0.1, 0.15) is 18.4 Å². The maximum Gasteiger partial charge on any atom is 0.236 e. The van der Waals surface area contributed by atoms with E-state index < -0.39 is 0 Å². The molecule has 1 amide bonds. The Morgan fingerprint density at radius 3 is 2.95 bits per heavy atom. The van der Waals surface area contributed by atoms with Gasteiger partial charge in [0.15, 0.2) is 0 Å². The molecule has 5 nitrogen and oxygen atoms in total. The Morgan fingerprint density at radius 2 is 2.29 bits per heavy atom. The Balaban J connectivity index is 1.88. The Kier molecular flexibility index (Phi) is 6.02. The average Bonchev–Trinajstić information content (AvgIpc) is 3.27. The molecule has 21 heavy (non-hydrogen) atoms. The molecule has 0 radical (unpaired) electrons. The van der Waals surface area contributed by atoms with Crippen molar-refractivity contribution in [1.82, 2.24) is 10.2 Å². The highest BCUT2D eigenvalue weighted by Gasteiger charge is 2.26. The third-order valence-electron chi connectivity index (χ3n) is 3.57. The van der Waals surface area contributed by atoms with Crippen LogP contribution in [0.3, 0.4) is 0 Å². The Bertz CT molecular complexity index is 461. The van der Waals surface area contributed by atoms with Gasteiger partial charge in [-0.25, -0.2) is 0 Å². The molecule has 0 spiro atoms. The fraction of sp³-hybridized carbons (Fsp3) is 0.562. The quantitative estimate of drug-likeness (QED) is 0.675. The zero-order chi connectivity index (χ0) is 15.1. The molecule has 1 aromatic rings. The summed E-state index contributed by atoms with van der Waals surface area (Å²) in [7, 11) is 1.64. The summed E-state index contributed by atoms with van der Waals surface area (Å²) in [6.07, 6.45) is 2.42. The Hall–Kier alpha value is -1.59. The number of nitrogens with zero attached hydrogens (tertiary/aromatic N) is 1. The first-order chi connectivity index (χ1) is 10.2. The number of ether oxygens (including phenoxy) is 1. The van der Waals surface area contributed by atoms with E-state index in [1.807, 2.05) is 11.0 Å². The van der Waals surface area contributed by atoms with E-state index in [-0.39, 0.29) is 11.7 Å². The van der Waals surface area contributed by atoms with Crippen LogP contribution in [0.4, 0.5) is 0 Å². The molecule has 1 aromatic carbocycles. The van der Waals surface area contributed by atoms with Gasteiger partial charge in [0.1, 0.15) is 5.75 Å². The summed E-state index contributed by atoms with van der Waals surface area (Å²) >= 11 is 0. The second-order valence-corrected chi connectivity index (χ2v) is 5.56. The summed E-state index contributed by atoms with van der Waals surface area (Å²) in [5.41, 5.74) is 0.959. The van der Waals surface area contributed by atoms with Gasteiger partial charge < -0.3 is 20.1 Å². The van der Waals surface area contributed by atoms with Gasteiger partial charge in [0.05, 0.1) is 13.2 Å². The summed E-state index contributed by atoms with van der Waals surface area (Å²) in [4.78, 5) is 14.2. The molecule has 116 valence electrons. The van der Waals surface area contributed by atoms with Crippen LogP contribution >= 0.6 is 0 Å². The molecule has 1 fully saturated rings. The van der Waals surface area contributed by atoms with Gasteiger partial charge in [0, 0.05) is 26.7 Å². The number of phenols is 1. The second kappa shape index (κ2) is 8.00. The fourth-order valence-corrected chi connectivity index (χ4v) is 2.22. The lowest BCUT2D eigenvalue weighted by Gasteiger charge is -2.23. The van der Waals surface area contributed by atoms with Crippen molar-refractivity contribution in [2.24, 2.45) is 5.92 Å². The lowest BCUT2D eigenvalue weighted by molar-refractivity contribution is -0.131. The molecule has 1 aliphatic rings. The van der Waals surface area contributed by atoms with Crippen LogP contribution in [0, 0.1) is 5.92 Å². The van der Waals surface area contributed by atoms with Crippen molar-refractivity contribution in [2.75, 3.05) is 33.4 Å². The predicted molar refractivity (Wildman–Crippen MR) is 81.0 cm³/mol. The molecule has 5 heteroatoms. The van der Waals surface area contributed by atoms with Gasteiger partial charge in [-0.15, -0.1) is 0 Å². The molecule has 0 heterocycles. The van der Waals surface area contributed by atoms with Gasteiger partial charge in [-0.1, -0.05) is 12.1 Å². The van der Waals surface area contributed by atoms with Crippen molar-refractivity contribution in [1.29, 1.82) is 0 Å². The SMILES string of the molecule is COCCNCC(=O)N(Cc1cccc(O)c1)CC1CC1. The van der Waals surface area contributed by atoms with Crippen LogP contribution < -0.4 is 5.32 Å². The molecule has 0 aromatic heterocycles. The zero-order valence-electron chi connectivity index (χ0n) is 12.5. The van der Waals surface area contributed by atoms with Crippen molar-refractivity contribution < 1.29 is 14.6 Å². The zero-order valence-corrected chi connectivity index (χ0v) is 12.5. The molecule has 0 aliphatic heterocycles. The first-order valence-corrected chi connectivity index (χ1v) is 7.44. The highest BCUT2D eigenvalue weighted by atomic mass is 16.5. The van der Waals surface area contributed by atoms with E-state index in [1.165, 1.54) is 12.8 Å². The number of carbonyl (C=O) groups excluding carboxylic acids is 1. The van der Waals surface area contributed by atoms with Crippen molar-refractivity contribution in [3.05, 3.63) is 29.8 Å². The van der Waals surface area contributed by atoms with Gasteiger partial charge >= 0.3 is 0 Å². The molecule has 0 bridgehead atoms. The largest absolute Gasteiger partial charge is 0.508 e. The highest BCUT2D eigenvalue weighted by molar-refractivity contribution is 5.78. The molecule has 0 atom stereocenters. The molecule has 1 aliphatic carbocycles. The van der Waals surface area contributed by atoms with Crippen LogP contribution in [0.25, 0.3) is 0 Å². The van der Waals surface area contributed by atoms with Gasteiger partial charge in [-0.3, -0.25) is 4.79 Å². The third kappa shape index (κ3) is 5.73. The van der Waals surface area contributed by atoms with E-state index in [0.29, 0.717) is 32.2 Å². The minimum atomic E-state index is 0.0985. The van der Waals surface area contributed by atoms with E-state index in [1.54, 1.807) is 25.3 Å². The van der Waals surface area contributed by atoms with Crippen molar-refractivity contribution in [3.8, 4) is 5.75 Å². The van der Waals surface area contributed by atoms with Crippen LogP contribution in [0.5, 0.6) is 5.75 Å². The first kappa shape index (κ1) is 15.8. The van der Waals surface area contributed by atoms with Crippen molar-refractivity contribution >= 4 is 5.91 Å². The minimum Gasteiger partial charge on any atom is -0.508 e. The van der Waals surface area contributed by atoms with Gasteiger partial charge in [0.2, 0.25) is 5.91 Å². The second-order valence-electron chi connectivity index (χ2n) is 5.56. The van der Waals surface area contributed by atoms with Crippen LogP contribution in [0.2, 0.25) is 0 Å². The van der Waals surface area contributed by atoms with Crippen LogP contribution in [-0.2, 0) is 16.1 Å². The Morgan fingerprint density at radius 1 is 1.48 bits per heavy atom. The summed E-state index contributed by atoms with van der Waals surface area (Å²) < 4.78 is 4.95. The van der Waals surface area contributed by atoms with Crippen LogP contribution in [0.15, 0.2) is 24.3 Å². The number of methoxy groups -OCH3 is 1. The monoisotopic (exact) mass is 292 g/mol. The lowest BCUT2D eigenvalue weighted by atomic mass is 10.2. The first-order valence-electron chi connectivity index (χ1n) is 7.44. The van der Waals surface area contributed by atoms with E-state index in [9.17, 15) is 9.90 Å². The standard InChI is InChI=1S/C16H24N2O3/c1-21-8-7-17-10-16(20)18(11-13-5-6-13)12-14-3-2-4-15(19)9-14/h2-4,9,13,17,19H,5-8,10-12H2,1H3. The third-order valence-corrected chi connectivity index (χ3v) is 3.57. The van der Waals surface area contributed by atoms with E-state index in [4.69, 9.17) is 4.74 Å². The Labute approximate surface area is 125 Å². The maximum absolute atomic E-state index is 12.3. The summed E-state index contributed by atoms with van der Waals surface area (Å²) in [5, 5.41) is 12.6. The normalized spacial score (nSPS) is 14.1. The summed E-state index contributed by atoms with van der Waals surface area (Å²) in [6, 6.07) is 7.10. The molecule has 2 N–H and O–H groups in total. The van der Waals surface area contributed by atoms with Gasteiger partial charge in [-0.05, 0) is 36.5 Å². The molecule has 2 rings (SSSR count). The molecule has 0 unspecified atom stereocenters. The van der Waals surface area contributed by atoms with E-state index >= 15 is 0 Å². The number of carbonyl (C=O) groups is 1. The van der Waals surface area contributed by atoms with Crippen LogP contribution in [-0.4, -0.2) is 49.3 Å². The topological polar surface area (TPSA) is 61.8 Å². The number of hydrogen-bond donors (Lipinski definition) is 2. The number of aromatic hydroxyl groups is 1. The molecular weight excluding hydrogens is 268 g/mol. The number of phenolic OH excluding ortho intramolecular Hbond substituents is 1. The minimum absolute atomic E-state index is 0.0985. The fourth-order valence-electron chi connectivity index (χ4n) is 2.22. The smallest absolute Gasteiger partial charge is 0.236 e. The number of nitrogens with one attached hydrogen (secondary N) is 1. The lowest BCUT2D eigenvalue weighted by Crippen LogP contribution is -2.39. The van der Waals surface area contributed by atoms with E-state index in [2.05, 4.69) is 5.32 Å². The maximum atomic E-state index is 12.3. The van der Waals surface area contributed by atoms with Crippen molar-refractivity contribution in [3.63, 3.8) is 0 Å². The summed E-state index contributed by atoms with van der Waals surface area (Å²) in [5.74, 6) is 0.983. The predicted octanol–water partition coefficient (Wildman–Crippen LogP) is 1.37. The molecular formula is C16H24N2O3. The average molecular weight is 292 g/mol. The molecule has 1 saturated carbocycles. The number of hydrogen-bond acceptors (Lipinski definition) is 4. The number of benzene rings is 1. The molecule has 0 saturated heterocycles. The van der Waals surface area contributed by atoms with Crippen molar-refractivity contribution in [2.45, 2.75) is 19.4 Å². The van der Waals surface area contributed by atoms with E-state index in [0.717, 1.165) is 12.1 Å². The van der Waals surface area contributed by atoms with Gasteiger partial charge in [0.25, 0.3) is 0 Å².